The number of rotatable bonds is 5. The lowest BCUT2D eigenvalue weighted by Gasteiger charge is -2.10. The van der Waals surface area contributed by atoms with Gasteiger partial charge in [0.2, 0.25) is 15.9 Å². The fourth-order valence-electron chi connectivity index (χ4n) is 1.56. The highest BCUT2D eigenvalue weighted by molar-refractivity contribution is 9.11. The minimum Gasteiger partial charge on any atom is -0.477 e. The van der Waals surface area contributed by atoms with E-state index in [0.717, 1.165) is 17.4 Å². The number of thiophene rings is 1. The predicted molar refractivity (Wildman–Crippen MR) is 79.0 cm³/mol. The Bertz CT molecular complexity index is 780. The number of aryl methyl sites for hydroxylation is 1. The summed E-state index contributed by atoms with van der Waals surface area (Å²) in [4.78, 5) is 14.6. The summed E-state index contributed by atoms with van der Waals surface area (Å²) in [5.41, 5.74) is 0. The van der Waals surface area contributed by atoms with Gasteiger partial charge in [0.05, 0.1) is 16.0 Å². The van der Waals surface area contributed by atoms with Crippen LogP contribution in [0.5, 0.6) is 0 Å². The molecule has 0 saturated carbocycles. The quantitative estimate of drug-likeness (QED) is 0.805. The lowest BCUT2D eigenvalue weighted by atomic mass is 10.4. The van der Waals surface area contributed by atoms with Crippen LogP contribution in [0, 0.1) is 6.92 Å². The van der Waals surface area contributed by atoms with Gasteiger partial charge in [-0.2, -0.15) is 4.72 Å². The third-order valence-electron chi connectivity index (χ3n) is 2.50. The molecule has 0 amide bonds. The third kappa shape index (κ3) is 3.51. The molecule has 21 heavy (non-hydrogen) atoms. The Morgan fingerprint density at radius 3 is 2.71 bits per heavy atom. The number of halogens is 1. The van der Waals surface area contributed by atoms with Gasteiger partial charge in [-0.1, -0.05) is 0 Å². The van der Waals surface area contributed by atoms with E-state index >= 15 is 0 Å². The Balaban J connectivity index is 2.28. The summed E-state index contributed by atoms with van der Waals surface area (Å²) in [5, 5.41) is 8.90. The smallest absolute Gasteiger partial charge is 0.345 e. The van der Waals surface area contributed by atoms with Crippen molar-refractivity contribution in [3.63, 3.8) is 0 Å². The van der Waals surface area contributed by atoms with E-state index in [1.807, 2.05) is 0 Å². The third-order valence-corrected chi connectivity index (χ3v) is 6.28. The Labute approximate surface area is 133 Å². The van der Waals surface area contributed by atoms with Crippen LogP contribution in [0.2, 0.25) is 0 Å². The number of hydrogen-bond donors (Lipinski definition) is 2. The summed E-state index contributed by atoms with van der Waals surface area (Å²) in [6.45, 7) is 3.29. The minimum atomic E-state index is -3.89. The molecular formula is C11H11BrN2O5S2. The molecule has 114 valence electrons. The fourth-order valence-corrected chi connectivity index (χ4v) is 5.16. The zero-order valence-electron chi connectivity index (χ0n) is 11.0. The van der Waals surface area contributed by atoms with Crippen LogP contribution < -0.4 is 4.72 Å². The molecule has 0 aliphatic carbocycles. The highest BCUT2D eigenvalue weighted by Gasteiger charge is 2.26. The summed E-state index contributed by atoms with van der Waals surface area (Å²) >= 11 is 3.90. The number of nitrogens with one attached hydrogen (secondary N) is 1. The molecule has 0 aliphatic heterocycles. The van der Waals surface area contributed by atoms with E-state index in [4.69, 9.17) is 9.52 Å². The van der Waals surface area contributed by atoms with Gasteiger partial charge < -0.3 is 9.52 Å². The van der Waals surface area contributed by atoms with Crippen molar-refractivity contribution in [3.05, 3.63) is 32.6 Å². The number of nitrogens with zero attached hydrogens (tertiary/aromatic N) is 1. The van der Waals surface area contributed by atoms with E-state index in [0.29, 0.717) is 5.76 Å². The van der Waals surface area contributed by atoms with Crippen LogP contribution in [-0.2, 0) is 10.0 Å². The molecule has 0 radical (unpaired) electrons. The summed E-state index contributed by atoms with van der Waals surface area (Å²) in [5.74, 6) is -0.375. The fraction of sp³-hybridized carbons (Fsp3) is 0.273. The summed E-state index contributed by atoms with van der Waals surface area (Å²) < 4.78 is 32.4. The molecule has 2 heterocycles. The van der Waals surface area contributed by atoms with Gasteiger partial charge in [-0.25, -0.2) is 18.2 Å². The second kappa shape index (κ2) is 5.87. The SMILES string of the molecule is Cc1cnc(C(C)NS(=O)(=O)c2cc(C(=O)O)sc2Br)o1. The molecule has 0 aromatic carbocycles. The van der Waals surface area contributed by atoms with Crippen LogP contribution in [0.1, 0.15) is 34.3 Å². The molecule has 0 fully saturated rings. The highest BCUT2D eigenvalue weighted by Crippen LogP contribution is 2.32. The minimum absolute atomic E-state index is 0.0677. The monoisotopic (exact) mass is 394 g/mol. The van der Waals surface area contributed by atoms with Crippen molar-refractivity contribution in [2.45, 2.75) is 24.8 Å². The first-order valence-corrected chi connectivity index (χ1v) is 8.77. The van der Waals surface area contributed by atoms with Crippen LogP contribution in [0.4, 0.5) is 0 Å². The van der Waals surface area contributed by atoms with E-state index in [1.165, 1.54) is 6.20 Å². The van der Waals surface area contributed by atoms with Gasteiger partial charge >= 0.3 is 5.97 Å². The zero-order chi connectivity index (χ0) is 15.8. The molecule has 1 atom stereocenters. The Kier molecular flexibility index (Phi) is 4.51. The molecule has 2 N–H and O–H groups in total. The number of aromatic carboxylic acids is 1. The molecule has 7 nitrogen and oxygen atoms in total. The van der Waals surface area contributed by atoms with Gasteiger partial charge in [0.1, 0.15) is 15.5 Å². The van der Waals surface area contributed by atoms with Crippen molar-refractivity contribution < 1.29 is 22.7 Å². The number of carboxylic acids is 1. The average molecular weight is 395 g/mol. The Morgan fingerprint density at radius 2 is 2.24 bits per heavy atom. The Morgan fingerprint density at radius 1 is 1.57 bits per heavy atom. The molecule has 0 saturated heterocycles. The summed E-state index contributed by atoms with van der Waals surface area (Å²) in [6.07, 6.45) is 1.49. The standard InChI is InChI=1S/C11H11BrN2O5S2/c1-5-4-13-10(19-5)6(2)14-21(17,18)8-3-7(11(15)16)20-9(8)12/h3-4,6,14H,1-2H3,(H,15,16). The largest absolute Gasteiger partial charge is 0.477 e. The number of hydrogen-bond acceptors (Lipinski definition) is 6. The normalized spacial score (nSPS) is 13.3. The van der Waals surface area contributed by atoms with Crippen LogP contribution in [0.3, 0.4) is 0 Å². The maximum absolute atomic E-state index is 12.3. The second-order valence-corrected chi connectivity index (χ2v) is 8.26. The lowest BCUT2D eigenvalue weighted by Crippen LogP contribution is -2.27. The maximum Gasteiger partial charge on any atom is 0.345 e. The van der Waals surface area contributed by atoms with Gasteiger partial charge in [0, 0.05) is 0 Å². The van der Waals surface area contributed by atoms with Crippen LogP contribution in [0.25, 0.3) is 0 Å². The molecular weight excluding hydrogens is 384 g/mol. The topological polar surface area (TPSA) is 110 Å². The van der Waals surface area contributed by atoms with Gasteiger partial charge in [-0.05, 0) is 35.8 Å². The number of sulfonamides is 1. The Hall–Kier alpha value is -1.23. The van der Waals surface area contributed by atoms with Crippen LogP contribution in [-0.4, -0.2) is 24.5 Å². The number of carboxylic acid groups (broad SMARTS) is 1. The van der Waals surface area contributed by atoms with Crippen LogP contribution in [0.15, 0.2) is 25.4 Å². The van der Waals surface area contributed by atoms with Gasteiger partial charge in [-0.3, -0.25) is 0 Å². The average Bonchev–Trinajstić information content (AvgIpc) is 2.95. The molecule has 2 rings (SSSR count). The first kappa shape index (κ1) is 16.1. The molecule has 0 spiro atoms. The predicted octanol–water partition coefficient (Wildman–Crippen LogP) is 2.54. The summed E-state index contributed by atoms with van der Waals surface area (Å²) in [7, 11) is -3.89. The first-order valence-electron chi connectivity index (χ1n) is 5.68. The molecule has 0 aliphatic rings. The van der Waals surface area contributed by atoms with Gasteiger partial charge in [-0.15, -0.1) is 11.3 Å². The van der Waals surface area contributed by atoms with E-state index in [1.54, 1.807) is 13.8 Å². The molecule has 10 heteroatoms. The zero-order valence-corrected chi connectivity index (χ0v) is 14.2. The van der Waals surface area contributed by atoms with E-state index in [9.17, 15) is 13.2 Å². The van der Waals surface area contributed by atoms with E-state index in [-0.39, 0.29) is 19.4 Å². The number of oxazole rings is 1. The first-order chi connectivity index (χ1) is 9.70. The number of carbonyl (C=O) groups is 1. The maximum atomic E-state index is 12.3. The van der Waals surface area contributed by atoms with Crippen molar-refractivity contribution in [3.8, 4) is 0 Å². The van der Waals surface area contributed by atoms with Crippen molar-refractivity contribution in [1.82, 2.24) is 9.71 Å². The van der Waals surface area contributed by atoms with Crippen molar-refractivity contribution in [2.24, 2.45) is 0 Å². The molecule has 1 unspecified atom stereocenters. The number of aromatic nitrogens is 1. The van der Waals surface area contributed by atoms with Crippen molar-refractivity contribution >= 4 is 43.3 Å². The highest BCUT2D eigenvalue weighted by atomic mass is 79.9. The molecule has 2 aromatic rings. The van der Waals surface area contributed by atoms with Crippen LogP contribution >= 0.6 is 27.3 Å². The lowest BCUT2D eigenvalue weighted by molar-refractivity contribution is 0.0702. The van der Waals surface area contributed by atoms with E-state index < -0.39 is 22.0 Å². The summed E-state index contributed by atoms with van der Waals surface area (Å²) in [6, 6.07) is 0.427. The van der Waals surface area contributed by atoms with Crippen molar-refractivity contribution in [2.75, 3.05) is 0 Å². The van der Waals surface area contributed by atoms with E-state index in [2.05, 4.69) is 25.6 Å². The van der Waals surface area contributed by atoms with Gasteiger partial charge in [0.25, 0.3) is 0 Å². The molecule has 2 aromatic heterocycles. The van der Waals surface area contributed by atoms with Crippen molar-refractivity contribution in [1.29, 1.82) is 0 Å². The molecule has 0 bridgehead atoms. The van der Waals surface area contributed by atoms with Gasteiger partial charge in [0.15, 0.2) is 0 Å². The second-order valence-electron chi connectivity index (χ2n) is 4.21.